The Labute approximate surface area is 97.3 Å². The van der Waals surface area contributed by atoms with E-state index >= 15 is 0 Å². The third kappa shape index (κ3) is 3.08. The number of Topliss-reactive ketones (excluding diaryl/α,β-unsaturated/α-hetero) is 1. The Morgan fingerprint density at radius 1 is 1.35 bits per heavy atom. The summed E-state index contributed by atoms with van der Waals surface area (Å²) >= 11 is 0. The molecule has 1 heterocycles. The topological polar surface area (TPSA) is 35.5 Å². The van der Waals surface area contributed by atoms with Crippen LogP contribution in [0, 0.1) is 11.6 Å². The summed E-state index contributed by atoms with van der Waals surface area (Å²) < 4.78 is 36.3. The normalized spacial score (nSPS) is 20.2. The second-order valence-corrected chi connectivity index (χ2v) is 3.81. The molecule has 1 saturated heterocycles. The van der Waals surface area contributed by atoms with Crippen molar-refractivity contribution in [3.05, 3.63) is 35.4 Å². The number of rotatable bonds is 3. The predicted octanol–water partition coefficient (Wildman–Crippen LogP) is 1.49. The van der Waals surface area contributed by atoms with E-state index in [0.29, 0.717) is 13.2 Å². The molecule has 0 bridgehead atoms. The fourth-order valence-corrected chi connectivity index (χ4v) is 1.64. The Balaban J connectivity index is 2.02. The van der Waals surface area contributed by atoms with Crippen molar-refractivity contribution in [1.82, 2.24) is 0 Å². The van der Waals surface area contributed by atoms with E-state index in [4.69, 9.17) is 9.47 Å². The van der Waals surface area contributed by atoms with Gasteiger partial charge in [0.15, 0.2) is 5.78 Å². The van der Waals surface area contributed by atoms with Gasteiger partial charge in [-0.3, -0.25) is 4.79 Å². The first-order valence-electron chi connectivity index (χ1n) is 5.33. The second-order valence-electron chi connectivity index (χ2n) is 3.81. The number of hydrogen-bond donors (Lipinski definition) is 0. The number of benzene rings is 1. The summed E-state index contributed by atoms with van der Waals surface area (Å²) in [4.78, 5) is 11.7. The smallest absolute Gasteiger partial charge is 0.168 e. The highest BCUT2D eigenvalue weighted by atomic mass is 19.1. The molecule has 1 fully saturated rings. The van der Waals surface area contributed by atoms with E-state index in [1.807, 2.05) is 0 Å². The summed E-state index contributed by atoms with van der Waals surface area (Å²) in [5, 5.41) is 0. The maximum atomic E-state index is 13.3. The minimum atomic E-state index is -0.713. The number of hydrogen-bond acceptors (Lipinski definition) is 3. The van der Waals surface area contributed by atoms with Crippen molar-refractivity contribution in [2.24, 2.45) is 0 Å². The van der Waals surface area contributed by atoms with Crippen LogP contribution in [0.2, 0.25) is 0 Å². The van der Waals surface area contributed by atoms with Crippen molar-refractivity contribution in [2.75, 3.05) is 19.8 Å². The lowest BCUT2D eigenvalue weighted by atomic mass is 10.0. The van der Waals surface area contributed by atoms with Gasteiger partial charge < -0.3 is 9.47 Å². The lowest BCUT2D eigenvalue weighted by Gasteiger charge is -2.21. The molecule has 0 radical (unpaired) electrons. The molecule has 0 saturated carbocycles. The van der Waals surface area contributed by atoms with Gasteiger partial charge in [-0.05, 0) is 11.6 Å². The summed E-state index contributed by atoms with van der Waals surface area (Å²) in [5.41, 5.74) is 0.172. The first kappa shape index (κ1) is 12.1. The third-order valence-electron chi connectivity index (χ3n) is 2.55. The third-order valence-corrected chi connectivity index (χ3v) is 2.55. The number of carbonyl (C=O) groups is 1. The molecule has 0 amide bonds. The SMILES string of the molecule is O=C(Cc1ccc(F)cc1F)C1COCCO1. The van der Waals surface area contributed by atoms with Gasteiger partial charge in [0.25, 0.3) is 0 Å². The van der Waals surface area contributed by atoms with Gasteiger partial charge in [-0.25, -0.2) is 8.78 Å². The van der Waals surface area contributed by atoms with Gasteiger partial charge in [0.05, 0.1) is 19.8 Å². The van der Waals surface area contributed by atoms with E-state index in [1.54, 1.807) is 0 Å². The first-order valence-corrected chi connectivity index (χ1v) is 5.33. The number of carbonyl (C=O) groups excluding carboxylic acids is 1. The zero-order chi connectivity index (χ0) is 12.3. The summed E-state index contributed by atoms with van der Waals surface area (Å²) in [5.74, 6) is -1.62. The van der Waals surface area contributed by atoms with E-state index < -0.39 is 17.7 Å². The van der Waals surface area contributed by atoms with Crippen molar-refractivity contribution in [3.63, 3.8) is 0 Å². The summed E-state index contributed by atoms with van der Waals surface area (Å²) in [6, 6.07) is 3.16. The van der Waals surface area contributed by atoms with Crippen LogP contribution in [-0.2, 0) is 20.7 Å². The van der Waals surface area contributed by atoms with Crippen LogP contribution in [0.3, 0.4) is 0 Å². The molecule has 1 aliphatic rings. The molecule has 1 aliphatic heterocycles. The highest BCUT2D eigenvalue weighted by molar-refractivity contribution is 5.85. The van der Waals surface area contributed by atoms with Crippen LogP contribution in [0.15, 0.2) is 18.2 Å². The summed E-state index contributed by atoms with van der Waals surface area (Å²) in [7, 11) is 0. The van der Waals surface area contributed by atoms with Crippen LogP contribution in [-0.4, -0.2) is 31.7 Å². The first-order chi connectivity index (χ1) is 8.16. The van der Waals surface area contributed by atoms with E-state index in [2.05, 4.69) is 0 Å². The molecule has 3 nitrogen and oxygen atoms in total. The quantitative estimate of drug-likeness (QED) is 0.805. The van der Waals surface area contributed by atoms with Crippen LogP contribution < -0.4 is 0 Å². The van der Waals surface area contributed by atoms with Gasteiger partial charge in [0.2, 0.25) is 0 Å². The van der Waals surface area contributed by atoms with Crippen molar-refractivity contribution >= 4 is 5.78 Å². The number of ether oxygens (including phenoxy) is 2. The minimum absolute atomic E-state index is 0.111. The van der Waals surface area contributed by atoms with Crippen molar-refractivity contribution in [3.8, 4) is 0 Å². The molecule has 0 N–H and O–H groups in total. The highest BCUT2D eigenvalue weighted by Crippen LogP contribution is 2.13. The lowest BCUT2D eigenvalue weighted by Crippen LogP contribution is -2.36. The molecule has 1 aromatic rings. The Morgan fingerprint density at radius 3 is 2.82 bits per heavy atom. The van der Waals surface area contributed by atoms with E-state index in [-0.39, 0.29) is 24.4 Å². The van der Waals surface area contributed by atoms with Crippen molar-refractivity contribution in [2.45, 2.75) is 12.5 Å². The van der Waals surface area contributed by atoms with Crippen molar-refractivity contribution in [1.29, 1.82) is 0 Å². The van der Waals surface area contributed by atoms with E-state index in [9.17, 15) is 13.6 Å². The largest absolute Gasteiger partial charge is 0.376 e. The minimum Gasteiger partial charge on any atom is -0.376 e. The molecule has 5 heteroatoms. The fraction of sp³-hybridized carbons (Fsp3) is 0.417. The standard InChI is InChI=1S/C12H12F2O3/c13-9-2-1-8(10(14)6-9)5-11(15)12-7-16-3-4-17-12/h1-2,6,12H,3-5,7H2. The maximum Gasteiger partial charge on any atom is 0.168 e. The van der Waals surface area contributed by atoms with Crippen LogP contribution in [0.25, 0.3) is 0 Å². The van der Waals surface area contributed by atoms with Gasteiger partial charge >= 0.3 is 0 Å². The summed E-state index contributed by atoms with van der Waals surface area (Å²) in [6.07, 6.45) is -0.756. The molecule has 1 atom stereocenters. The van der Waals surface area contributed by atoms with Gasteiger partial charge in [-0.2, -0.15) is 0 Å². The van der Waals surface area contributed by atoms with Crippen LogP contribution >= 0.6 is 0 Å². The summed E-state index contributed by atoms with van der Waals surface area (Å²) in [6.45, 7) is 1.03. The molecule has 0 aliphatic carbocycles. The fourth-order valence-electron chi connectivity index (χ4n) is 1.64. The lowest BCUT2D eigenvalue weighted by molar-refractivity contribution is -0.144. The molecule has 1 aromatic carbocycles. The van der Waals surface area contributed by atoms with Gasteiger partial charge in [0, 0.05) is 12.5 Å². The number of ketones is 1. The molecule has 92 valence electrons. The Bertz CT molecular complexity index is 414. The zero-order valence-electron chi connectivity index (χ0n) is 9.12. The predicted molar refractivity (Wildman–Crippen MR) is 55.6 cm³/mol. The average Bonchev–Trinajstić information content (AvgIpc) is 2.34. The van der Waals surface area contributed by atoms with Gasteiger partial charge in [-0.1, -0.05) is 6.07 Å². The Hall–Kier alpha value is -1.33. The average molecular weight is 242 g/mol. The van der Waals surface area contributed by atoms with Crippen molar-refractivity contribution < 1.29 is 23.0 Å². The molecular weight excluding hydrogens is 230 g/mol. The van der Waals surface area contributed by atoms with E-state index in [0.717, 1.165) is 12.1 Å². The zero-order valence-corrected chi connectivity index (χ0v) is 9.12. The monoisotopic (exact) mass is 242 g/mol. The maximum absolute atomic E-state index is 13.3. The molecule has 0 spiro atoms. The van der Waals surface area contributed by atoms with Crippen LogP contribution in [0.4, 0.5) is 8.78 Å². The molecule has 1 unspecified atom stereocenters. The Kier molecular flexibility index (Phi) is 3.81. The van der Waals surface area contributed by atoms with E-state index in [1.165, 1.54) is 6.07 Å². The molecular formula is C12H12F2O3. The van der Waals surface area contributed by atoms with Gasteiger partial charge in [0.1, 0.15) is 17.7 Å². The van der Waals surface area contributed by atoms with Crippen LogP contribution in [0.1, 0.15) is 5.56 Å². The molecule has 2 rings (SSSR count). The Morgan fingerprint density at radius 2 is 2.18 bits per heavy atom. The van der Waals surface area contributed by atoms with Crippen LogP contribution in [0.5, 0.6) is 0 Å². The number of halogens is 2. The second kappa shape index (κ2) is 5.33. The highest BCUT2D eigenvalue weighted by Gasteiger charge is 2.23. The van der Waals surface area contributed by atoms with Gasteiger partial charge in [-0.15, -0.1) is 0 Å². The molecule has 17 heavy (non-hydrogen) atoms. The molecule has 0 aromatic heterocycles.